The minimum Gasteiger partial charge on any atom is -0.396 e. The molecule has 0 bridgehead atoms. The molecule has 2 fully saturated rings. The van der Waals surface area contributed by atoms with Crippen molar-refractivity contribution in [3.63, 3.8) is 0 Å². The highest BCUT2D eigenvalue weighted by Gasteiger charge is 2.30. The zero-order valence-corrected chi connectivity index (χ0v) is 15.6. The summed E-state index contributed by atoms with van der Waals surface area (Å²) in [6, 6.07) is 7.47. The summed E-state index contributed by atoms with van der Waals surface area (Å²) in [5, 5.41) is 9.53. The van der Waals surface area contributed by atoms with E-state index in [1.807, 2.05) is 12.1 Å². The van der Waals surface area contributed by atoms with Gasteiger partial charge in [-0.15, -0.1) is 0 Å². The predicted molar refractivity (Wildman–Crippen MR) is 101 cm³/mol. The van der Waals surface area contributed by atoms with Gasteiger partial charge in [-0.25, -0.2) is 4.39 Å². The molecule has 25 heavy (non-hydrogen) atoms. The molecule has 1 N–H and O–H groups in total. The molecule has 2 aliphatic rings. The number of aliphatic hydroxyl groups excluding tert-OH is 1. The molecule has 5 heteroatoms. The summed E-state index contributed by atoms with van der Waals surface area (Å²) < 4.78 is 13.1. The Balaban J connectivity index is 1.51. The Hall–Kier alpha value is -1.17. The van der Waals surface area contributed by atoms with E-state index in [2.05, 4.69) is 28.5 Å². The van der Waals surface area contributed by atoms with E-state index in [1.165, 1.54) is 12.8 Å². The van der Waals surface area contributed by atoms with Crippen molar-refractivity contribution in [2.24, 2.45) is 5.41 Å². The lowest BCUT2D eigenvalue weighted by molar-refractivity contribution is 0.0502. The Morgan fingerprint density at radius 3 is 2.40 bits per heavy atom. The lowest BCUT2D eigenvalue weighted by atomic mass is 9.92. The molecule has 0 aromatic heterocycles. The third kappa shape index (κ3) is 4.93. The number of hydrogen-bond donors (Lipinski definition) is 1. The molecular formula is C20H32FN3O. The predicted octanol–water partition coefficient (Wildman–Crippen LogP) is 2.43. The van der Waals surface area contributed by atoms with Crippen molar-refractivity contribution < 1.29 is 9.50 Å². The van der Waals surface area contributed by atoms with Gasteiger partial charge in [0.2, 0.25) is 0 Å². The van der Waals surface area contributed by atoms with E-state index in [9.17, 15) is 9.50 Å². The molecular weight excluding hydrogens is 317 g/mol. The summed E-state index contributed by atoms with van der Waals surface area (Å²) in [4.78, 5) is 7.50. The highest BCUT2D eigenvalue weighted by Crippen LogP contribution is 2.24. The van der Waals surface area contributed by atoms with Gasteiger partial charge in [0.15, 0.2) is 0 Å². The quantitative estimate of drug-likeness (QED) is 0.884. The smallest absolute Gasteiger partial charge is 0.123 e. The van der Waals surface area contributed by atoms with Gasteiger partial charge in [0.1, 0.15) is 5.82 Å². The average Bonchev–Trinajstić information content (AvgIpc) is 2.62. The van der Waals surface area contributed by atoms with Gasteiger partial charge in [-0.05, 0) is 43.7 Å². The molecule has 4 nitrogen and oxygen atoms in total. The fourth-order valence-electron chi connectivity index (χ4n) is 4.13. The van der Waals surface area contributed by atoms with Crippen molar-refractivity contribution >= 4 is 5.69 Å². The van der Waals surface area contributed by atoms with Crippen LogP contribution in [0.5, 0.6) is 0 Å². The average molecular weight is 349 g/mol. The Labute approximate surface area is 151 Å². The molecule has 0 unspecified atom stereocenters. The number of hydrogen-bond acceptors (Lipinski definition) is 4. The molecule has 1 aromatic carbocycles. The van der Waals surface area contributed by atoms with Crippen LogP contribution in [0.4, 0.5) is 10.1 Å². The Morgan fingerprint density at radius 2 is 1.76 bits per heavy atom. The van der Waals surface area contributed by atoms with Gasteiger partial charge in [-0.3, -0.25) is 4.90 Å². The Morgan fingerprint density at radius 1 is 1.08 bits per heavy atom. The largest absolute Gasteiger partial charge is 0.396 e. The van der Waals surface area contributed by atoms with E-state index >= 15 is 0 Å². The lowest BCUT2D eigenvalue weighted by Gasteiger charge is -2.45. The number of anilines is 1. The van der Waals surface area contributed by atoms with Crippen LogP contribution in [0.25, 0.3) is 0 Å². The van der Waals surface area contributed by atoms with E-state index in [0.29, 0.717) is 6.04 Å². The van der Waals surface area contributed by atoms with Crippen LogP contribution in [0.15, 0.2) is 24.3 Å². The number of benzene rings is 1. The summed E-state index contributed by atoms with van der Waals surface area (Å²) in [7, 11) is 0. The second kappa shape index (κ2) is 8.02. The molecule has 0 radical (unpaired) electrons. The topological polar surface area (TPSA) is 30.0 Å². The highest BCUT2D eigenvalue weighted by atomic mass is 19.1. The summed E-state index contributed by atoms with van der Waals surface area (Å²) in [5.41, 5.74) is 1.10. The van der Waals surface area contributed by atoms with Crippen LogP contribution in [0.1, 0.15) is 26.7 Å². The van der Waals surface area contributed by atoms with Gasteiger partial charge >= 0.3 is 0 Å². The highest BCUT2D eigenvalue weighted by molar-refractivity contribution is 5.46. The molecule has 0 saturated carbocycles. The fraction of sp³-hybridized carbons (Fsp3) is 0.700. The van der Waals surface area contributed by atoms with Crippen LogP contribution in [0, 0.1) is 11.2 Å². The maximum absolute atomic E-state index is 13.1. The van der Waals surface area contributed by atoms with Crippen LogP contribution in [-0.2, 0) is 0 Å². The van der Waals surface area contributed by atoms with E-state index in [1.54, 1.807) is 12.1 Å². The normalized spacial score (nSPS) is 23.8. The maximum atomic E-state index is 13.1. The van der Waals surface area contributed by atoms with E-state index in [-0.39, 0.29) is 17.8 Å². The molecule has 0 amide bonds. The second-order valence-corrected chi connectivity index (χ2v) is 8.35. The summed E-state index contributed by atoms with van der Waals surface area (Å²) in [5.74, 6) is -0.171. The third-order valence-electron chi connectivity index (χ3n) is 5.58. The van der Waals surface area contributed by atoms with Crippen LogP contribution in [0.2, 0.25) is 0 Å². The van der Waals surface area contributed by atoms with Gasteiger partial charge in [-0.1, -0.05) is 13.8 Å². The molecule has 1 atom stereocenters. The standard InChI is InChI=1S/C20H32FN3O/c1-20(2,16-25)15-22-9-3-4-19(14-22)24-12-10-23(11-13-24)18-7-5-17(21)6-8-18/h5-8,19,25H,3-4,9-16H2,1-2H3/t19-/m1/s1. The van der Waals surface area contributed by atoms with Crippen LogP contribution in [-0.4, -0.2) is 73.4 Å². The van der Waals surface area contributed by atoms with Crippen molar-refractivity contribution in [3.05, 3.63) is 30.1 Å². The zero-order chi connectivity index (χ0) is 17.9. The number of rotatable bonds is 5. The van der Waals surface area contributed by atoms with E-state index in [4.69, 9.17) is 0 Å². The van der Waals surface area contributed by atoms with E-state index in [0.717, 1.165) is 51.5 Å². The number of likely N-dealkylation sites (tertiary alicyclic amines) is 1. The van der Waals surface area contributed by atoms with Crippen LogP contribution < -0.4 is 4.90 Å². The third-order valence-corrected chi connectivity index (χ3v) is 5.58. The second-order valence-electron chi connectivity index (χ2n) is 8.35. The van der Waals surface area contributed by atoms with Gasteiger partial charge in [-0.2, -0.15) is 0 Å². The monoisotopic (exact) mass is 349 g/mol. The molecule has 2 saturated heterocycles. The SMILES string of the molecule is CC(C)(CO)CN1CCC[C@@H](N2CCN(c3ccc(F)cc3)CC2)C1. The summed E-state index contributed by atoms with van der Waals surface area (Å²) in [6.45, 7) is 11.9. The number of nitrogens with zero attached hydrogens (tertiary/aromatic N) is 3. The van der Waals surface area contributed by atoms with E-state index < -0.39 is 0 Å². The maximum Gasteiger partial charge on any atom is 0.123 e. The number of aliphatic hydroxyl groups is 1. The molecule has 2 aliphatic heterocycles. The zero-order valence-electron chi connectivity index (χ0n) is 15.6. The lowest BCUT2D eigenvalue weighted by Crippen LogP contribution is -2.56. The van der Waals surface area contributed by atoms with Crippen molar-refractivity contribution in [1.82, 2.24) is 9.80 Å². The number of piperidine rings is 1. The van der Waals surface area contributed by atoms with Crippen molar-refractivity contribution in [3.8, 4) is 0 Å². The van der Waals surface area contributed by atoms with Crippen molar-refractivity contribution in [1.29, 1.82) is 0 Å². The van der Waals surface area contributed by atoms with Gasteiger partial charge in [0.25, 0.3) is 0 Å². The summed E-state index contributed by atoms with van der Waals surface area (Å²) >= 11 is 0. The first kappa shape index (κ1) is 18.6. The first-order valence-electron chi connectivity index (χ1n) is 9.55. The number of halogens is 1. The van der Waals surface area contributed by atoms with Crippen LogP contribution in [0.3, 0.4) is 0 Å². The fourth-order valence-corrected chi connectivity index (χ4v) is 4.13. The first-order valence-corrected chi connectivity index (χ1v) is 9.55. The molecule has 0 aliphatic carbocycles. The summed E-state index contributed by atoms with van der Waals surface area (Å²) in [6.07, 6.45) is 2.51. The first-order chi connectivity index (χ1) is 12.0. The molecule has 0 spiro atoms. The molecule has 2 heterocycles. The molecule has 3 rings (SSSR count). The Kier molecular flexibility index (Phi) is 5.97. The molecule has 1 aromatic rings. The number of piperazine rings is 1. The van der Waals surface area contributed by atoms with Crippen molar-refractivity contribution in [2.45, 2.75) is 32.7 Å². The van der Waals surface area contributed by atoms with Gasteiger partial charge in [0.05, 0.1) is 0 Å². The van der Waals surface area contributed by atoms with Crippen LogP contribution >= 0.6 is 0 Å². The van der Waals surface area contributed by atoms with Gasteiger partial charge in [0, 0.05) is 63.0 Å². The minimum absolute atomic E-state index is 0.0246. The molecule has 140 valence electrons. The van der Waals surface area contributed by atoms with Crippen molar-refractivity contribution in [2.75, 3.05) is 57.3 Å². The van der Waals surface area contributed by atoms with Gasteiger partial charge < -0.3 is 14.9 Å². The Bertz CT molecular complexity index is 540. The minimum atomic E-state index is -0.171.